The molecule has 0 aliphatic rings. The second-order valence-corrected chi connectivity index (χ2v) is 1.84. The van der Waals surface area contributed by atoms with Crippen LogP contribution in [0, 0.1) is 0 Å². The highest BCUT2D eigenvalue weighted by molar-refractivity contribution is 5.86. The zero-order chi connectivity index (χ0) is 8.85. The SMILES string of the molecule is CCOC(=O)C(OC)=C(C)O. The molecular weight excluding hydrogens is 148 g/mol. The van der Waals surface area contributed by atoms with Crippen LogP contribution >= 0.6 is 0 Å². The highest BCUT2D eigenvalue weighted by Crippen LogP contribution is 2.03. The van der Waals surface area contributed by atoms with Crippen molar-refractivity contribution >= 4 is 5.97 Å². The van der Waals surface area contributed by atoms with Crippen LogP contribution in [0.2, 0.25) is 0 Å². The number of allylic oxidation sites excluding steroid dienone is 1. The number of aliphatic hydroxyl groups excluding tert-OH is 1. The quantitative estimate of drug-likeness (QED) is 0.380. The molecule has 0 aromatic rings. The lowest BCUT2D eigenvalue weighted by Crippen LogP contribution is -2.10. The molecule has 0 aromatic heterocycles. The zero-order valence-electron chi connectivity index (χ0n) is 6.88. The van der Waals surface area contributed by atoms with E-state index in [9.17, 15) is 4.79 Å². The number of carbonyl (C=O) groups is 1. The van der Waals surface area contributed by atoms with Crippen LogP contribution in [0.1, 0.15) is 13.8 Å². The molecule has 0 aliphatic carbocycles. The highest BCUT2D eigenvalue weighted by Gasteiger charge is 2.13. The summed E-state index contributed by atoms with van der Waals surface area (Å²) in [5.74, 6) is -0.965. The zero-order valence-corrected chi connectivity index (χ0v) is 6.88. The van der Waals surface area contributed by atoms with E-state index in [0.29, 0.717) is 0 Å². The topological polar surface area (TPSA) is 55.8 Å². The summed E-state index contributed by atoms with van der Waals surface area (Å²) in [4.78, 5) is 10.9. The lowest BCUT2D eigenvalue weighted by atomic mass is 10.4. The van der Waals surface area contributed by atoms with E-state index in [4.69, 9.17) is 5.11 Å². The average Bonchev–Trinajstić information content (AvgIpc) is 1.88. The van der Waals surface area contributed by atoms with Gasteiger partial charge in [0, 0.05) is 0 Å². The van der Waals surface area contributed by atoms with Crippen molar-refractivity contribution in [1.82, 2.24) is 0 Å². The van der Waals surface area contributed by atoms with Gasteiger partial charge in [0.15, 0.2) is 0 Å². The third-order valence-corrected chi connectivity index (χ3v) is 0.994. The molecule has 0 saturated heterocycles. The van der Waals surface area contributed by atoms with Crippen LogP contribution < -0.4 is 0 Å². The predicted octanol–water partition coefficient (Wildman–Crippen LogP) is 0.985. The van der Waals surface area contributed by atoms with Crippen LogP contribution in [-0.4, -0.2) is 24.8 Å². The fraction of sp³-hybridized carbons (Fsp3) is 0.571. The monoisotopic (exact) mass is 160 g/mol. The number of esters is 1. The molecule has 0 atom stereocenters. The summed E-state index contributed by atoms with van der Waals surface area (Å²) in [7, 11) is 1.30. The number of ether oxygens (including phenoxy) is 2. The fourth-order valence-electron chi connectivity index (χ4n) is 0.575. The molecule has 4 heteroatoms. The Labute approximate surface area is 65.4 Å². The Bertz CT molecular complexity index is 167. The summed E-state index contributed by atoms with van der Waals surface area (Å²) in [6.07, 6.45) is 0. The van der Waals surface area contributed by atoms with E-state index >= 15 is 0 Å². The minimum Gasteiger partial charge on any atom is -0.508 e. The molecule has 1 N–H and O–H groups in total. The van der Waals surface area contributed by atoms with Crippen molar-refractivity contribution in [3.05, 3.63) is 11.5 Å². The van der Waals surface area contributed by atoms with Crippen molar-refractivity contribution in [2.75, 3.05) is 13.7 Å². The summed E-state index contributed by atoms with van der Waals surface area (Å²) in [5, 5.41) is 8.86. The molecule has 11 heavy (non-hydrogen) atoms. The van der Waals surface area contributed by atoms with Gasteiger partial charge in [-0.25, -0.2) is 4.79 Å². The number of carbonyl (C=O) groups excluding carboxylic acids is 1. The first-order valence-corrected chi connectivity index (χ1v) is 3.24. The molecule has 0 radical (unpaired) electrons. The second kappa shape index (κ2) is 4.60. The molecule has 0 saturated carbocycles. The largest absolute Gasteiger partial charge is 0.508 e. The van der Waals surface area contributed by atoms with Gasteiger partial charge in [-0.1, -0.05) is 0 Å². The Kier molecular flexibility index (Phi) is 4.10. The molecule has 64 valence electrons. The molecule has 0 bridgehead atoms. The van der Waals surface area contributed by atoms with Crippen molar-refractivity contribution in [3.8, 4) is 0 Å². The maximum Gasteiger partial charge on any atom is 0.377 e. The van der Waals surface area contributed by atoms with Crippen LogP contribution in [-0.2, 0) is 14.3 Å². The molecule has 0 aromatic carbocycles. The molecule has 0 amide bonds. The van der Waals surface area contributed by atoms with Crippen molar-refractivity contribution in [2.45, 2.75) is 13.8 Å². The Hall–Kier alpha value is -1.19. The van der Waals surface area contributed by atoms with Crippen LogP contribution in [0.4, 0.5) is 0 Å². The first-order valence-electron chi connectivity index (χ1n) is 3.24. The van der Waals surface area contributed by atoms with Crippen molar-refractivity contribution < 1.29 is 19.4 Å². The number of rotatable bonds is 3. The van der Waals surface area contributed by atoms with Crippen molar-refractivity contribution in [3.63, 3.8) is 0 Å². The molecule has 0 heterocycles. The van der Waals surface area contributed by atoms with Gasteiger partial charge in [0.1, 0.15) is 5.76 Å². The smallest absolute Gasteiger partial charge is 0.377 e. The van der Waals surface area contributed by atoms with Gasteiger partial charge in [-0.15, -0.1) is 0 Å². The predicted molar refractivity (Wildman–Crippen MR) is 39.0 cm³/mol. The third-order valence-electron chi connectivity index (χ3n) is 0.994. The second-order valence-electron chi connectivity index (χ2n) is 1.84. The van der Waals surface area contributed by atoms with Gasteiger partial charge < -0.3 is 14.6 Å². The fourth-order valence-corrected chi connectivity index (χ4v) is 0.575. The van der Waals surface area contributed by atoms with Gasteiger partial charge in [-0.3, -0.25) is 0 Å². The molecule has 0 spiro atoms. The number of hydrogen-bond acceptors (Lipinski definition) is 4. The summed E-state index contributed by atoms with van der Waals surface area (Å²) < 4.78 is 9.16. The maximum atomic E-state index is 10.9. The maximum absolute atomic E-state index is 10.9. The van der Waals surface area contributed by atoms with E-state index in [0.717, 1.165) is 0 Å². The first kappa shape index (κ1) is 9.81. The van der Waals surface area contributed by atoms with Crippen LogP contribution in [0.5, 0.6) is 0 Å². The van der Waals surface area contributed by atoms with Gasteiger partial charge >= 0.3 is 5.97 Å². The van der Waals surface area contributed by atoms with E-state index in [-0.39, 0.29) is 18.1 Å². The molecular formula is C7H12O4. The van der Waals surface area contributed by atoms with Crippen LogP contribution in [0.3, 0.4) is 0 Å². The molecule has 0 rings (SSSR count). The Balaban J connectivity index is 4.28. The van der Waals surface area contributed by atoms with Crippen molar-refractivity contribution in [2.24, 2.45) is 0 Å². The average molecular weight is 160 g/mol. The number of aliphatic hydroxyl groups is 1. The van der Waals surface area contributed by atoms with Crippen molar-refractivity contribution in [1.29, 1.82) is 0 Å². The molecule has 0 aliphatic heterocycles. The third kappa shape index (κ3) is 2.93. The van der Waals surface area contributed by atoms with Gasteiger partial charge in [-0.05, 0) is 13.8 Å². The molecule has 0 unspecified atom stereocenters. The molecule has 0 fully saturated rings. The number of hydrogen-bond donors (Lipinski definition) is 1. The number of methoxy groups -OCH3 is 1. The van der Waals surface area contributed by atoms with E-state index in [1.54, 1.807) is 6.92 Å². The van der Waals surface area contributed by atoms with Crippen LogP contribution in [0.25, 0.3) is 0 Å². The minimum atomic E-state index is -0.644. The van der Waals surface area contributed by atoms with Gasteiger partial charge in [0.25, 0.3) is 0 Å². The normalized spacial score (nSPS) is 11.9. The first-order chi connectivity index (χ1) is 5.13. The summed E-state index contributed by atoms with van der Waals surface area (Å²) in [5.41, 5.74) is 0. The van der Waals surface area contributed by atoms with E-state index < -0.39 is 5.97 Å². The van der Waals surface area contributed by atoms with E-state index in [2.05, 4.69) is 9.47 Å². The summed E-state index contributed by atoms with van der Waals surface area (Å²) in [6, 6.07) is 0. The highest BCUT2D eigenvalue weighted by atomic mass is 16.6. The van der Waals surface area contributed by atoms with Crippen LogP contribution in [0.15, 0.2) is 11.5 Å². The Morgan fingerprint density at radius 3 is 2.36 bits per heavy atom. The standard InChI is InChI=1S/C7H12O4/c1-4-11-7(9)6(10-3)5(2)8/h8H,4H2,1-3H3. The molecule has 4 nitrogen and oxygen atoms in total. The lowest BCUT2D eigenvalue weighted by molar-refractivity contribution is -0.142. The van der Waals surface area contributed by atoms with E-state index in [1.165, 1.54) is 14.0 Å². The van der Waals surface area contributed by atoms with Gasteiger partial charge in [-0.2, -0.15) is 0 Å². The lowest BCUT2D eigenvalue weighted by Gasteiger charge is -2.05. The Morgan fingerprint density at radius 1 is 1.55 bits per heavy atom. The summed E-state index contributed by atoms with van der Waals surface area (Å²) >= 11 is 0. The van der Waals surface area contributed by atoms with Gasteiger partial charge in [0.05, 0.1) is 13.7 Å². The van der Waals surface area contributed by atoms with Gasteiger partial charge in [0.2, 0.25) is 5.76 Å². The summed E-state index contributed by atoms with van der Waals surface area (Å²) in [6.45, 7) is 3.30. The Morgan fingerprint density at radius 2 is 2.09 bits per heavy atom. The minimum absolute atomic E-state index is 0.146. The van der Waals surface area contributed by atoms with E-state index in [1.807, 2.05) is 0 Å².